The van der Waals surface area contributed by atoms with Crippen LogP contribution in [0.4, 0.5) is 27.9 Å². The molecule has 0 radical (unpaired) electrons. The molecular weight excluding hydrogens is 663 g/mol. The highest BCUT2D eigenvalue weighted by Crippen LogP contribution is 2.29. The summed E-state index contributed by atoms with van der Waals surface area (Å²) in [7, 11) is 0. The van der Waals surface area contributed by atoms with E-state index >= 15 is 0 Å². The van der Waals surface area contributed by atoms with Crippen molar-refractivity contribution in [3.8, 4) is 17.3 Å². The number of hydrogen-bond acceptors (Lipinski definition) is 10. The second kappa shape index (κ2) is 12.9. The van der Waals surface area contributed by atoms with E-state index < -0.39 is 23.6 Å². The lowest BCUT2D eigenvalue weighted by atomic mass is 10.2. The van der Waals surface area contributed by atoms with Crippen LogP contribution in [-0.2, 0) is 30.6 Å². The Hall–Kier alpha value is -4.48. The zero-order valence-corrected chi connectivity index (χ0v) is 26.1. The van der Waals surface area contributed by atoms with Crippen molar-refractivity contribution in [1.82, 2.24) is 44.6 Å². The summed E-state index contributed by atoms with van der Waals surface area (Å²) in [6, 6.07) is 5.77. The number of ether oxygens (including phenoxy) is 2. The molecule has 1 aromatic carbocycles. The number of anilines is 1. The molecule has 2 saturated heterocycles. The molecule has 252 valence electrons. The second-order valence-electron chi connectivity index (χ2n) is 11.6. The molecule has 2 aliphatic rings. The first-order valence-corrected chi connectivity index (χ1v) is 15.4. The number of alkyl halides is 3. The molecule has 0 saturated carbocycles. The molecule has 1 N–H and O–H groups in total. The van der Waals surface area contributed by atoms with Crippen molar-refractivity contribution >= 4 is 28.7 Å². The Balaban J connectivity index is 1.07. The lowest BCUT2D eigenvalue weighted by Gasteiger charge is -2.39. The Morgan fingerprint density at radius 1 is 1.06 bits per heavy atom. The zero-order valence-electron chi connectivity index (χ0n) is 25.4. The minimum absolute atomic E-state index is 0.00346. The van der Waals surface area contributed by atoms with Gasteiger partial charge in [-0.1, -0.05) is 17.7 Å². The van der Waals surface area contributed by atoms with Crippen molar-refractivity contribution in [2.24, 2.45) is 0 Å². The maximum Gasteiger partial charge on any atom is 0.451 e. The molecule has 2 unspecified atom stereocenters. The SMILES string of the molecule is CC1CN(c2ncc(F)c(OCc3ccc(Cl)cc3F)n2)CCN1Cc1nc2cc(-c3nnc(C(F)(F)F)[nH]3)cnc2n1CC1CCO1. The maximum atomic E-state index is 14.5. The largest absolute Gasteiger partial charge is 0.470 e. The number of hydrogen-bond donors (Lipinski definition) is 1. The van der Waals surface area contributed by atoms with Crippen LogP contribution in [0.15, 0.2) is 36.7 Å². The van der Waals surface area contributed by atoms with Gasteiger partial charge in [0.25, 0.3) is 5.88 Å². The summed E-state index contributed by atoms with van der Waals surface area (Å²) in [4.78, 5) is 24.2. The maximum absolute atomic E-state index is 14.5. The molecule has 7 rings (SSSR count). The van der Waals surface area contributed by atoms with Gasteiger partial charge >= 0.3 is 6.18 Å². The summed E-state index contributed by atoms with van der Waals surface area (Å²) in [6.45, 7) is 5.08. The molecule has 4 aromatic heterocycles. The Kier molecular flexibility index (Phi) is 8.59. The standard InChI is InChI=1S/C30H28ClF5N10O2/c1-16-12-45(29-38-11-22(33)27(41-29)48-15-17-2-3-19(31)9-21(17)32)6-5-44(16)14-24-39-23-8-18(25-40-28(43-42-25)30(34,35)36)10-37-26(23)46(24)13-20-4-7-47-20/h2-3,8-11,16,20H,4-7,12-15H2,1H3,(H,40,42,43). The molecule has 5 aromatic rings. The molecule has 2 fully saturated rings. The molecule has 0 bridgehead atoms. The fraction of sp³-hybridized carbons (Fsp3) is 0.400. The molecular formula is C30H28ClF5N10O2. The van der Waals surface area contributed by atoms with Crippen molar-refractivity contribution in [2.75, 3.05) is 31.1 Å². The van der Waals surface area contributed by atoms with Crippen LogP contribution in [0.25, 0.3) is 22.6 Å². The van der Waals surface area contributed by atoms with Gasteiger partial charge in [0.05, 0.1) is 25.4 Å². The molecule has 12 nitrogen and oxygen atoms in total. The highest BCUT2D eigenvalue weighted by Gasteiger charge is 2.36. The molecule has 6 heterocycles. The first-order valence-electron chi connectivity index (χ1n) is 15.1. The van der Waals surface area contributed by atoms with Crippen molar-refractivity contribution in [3.63, 3.8) is 0 Å². The number of nitrogens with one attached hydrogen (secondary N) is 1. The summed E-state index contributed by atoms with van der Waals surface area (Å²) < 4.78 is 81.1. The van der Waals surface area contributed by atoms with Crippen LogP contribution < -0.4 is 9.64 Å². The number of H-pyrrole nitrogens is 1. The lowest BCUT2D eigenvalue weighted by Crippen LogP contribution is -2.52. The van der Waals surface area contributed by atoms with Gasteiger partial charge in [-0.05, 0) is 31.5 Å². The topological polar surface area (TPSA) is 123 Å². The number of benzene rings is 1. The number of halogens is 6. The third kappa shape index (κ3) is 6.61. The molecule has 0 amide bonds. The number of pyridine rings is 1. The highest BCUT2D eigenvalue weighted by molar-refractivity contribution is 6.30. The molecule has 0 aliphatic carbocycles. The van der Waals surface area contributed by atoms with Crippen molar-refractivity contribution < 1.29 is 31.4 Å². The molecule has 0 spiro atoms. The summed E-state index contributed by atoms with van der Waals surface area (Å²) >= 11 is 5.81. The number of aromatic amines is 1. The van der Waals surface area contributed by atoms with E-state index in [0.29, 0.717) is 56.1 Å². The van der Waals surface area contributed by atoms with Crippen molar-refractivity contribution in [2.45, 2.75) is 51.4 Å². The van der Waals surface area contributed by atoms with E-state index in [1.165, 1.54) is 18.3 Å². The van der Waals surface area contributed by atoms with Crippen LogP contribution in [0.3, 0.4) is 0 Å². The van der Waals surface area contributed by atoms with Gasteiger partial charge in [-0.3, -0.25) is 4.90 Å². The molecule has 2 atom stereocenters. The van der Waals surface area contributed by atoms with Crippen molar-refractivity contribution in [1.29, 1.82) is 0 Å². The van der Waals surface area contributed by atoms with E-state index in [9.17, 15) is 22.0 Å². The Morgan fingerprint density at radius 2 is 1.90 bits per heavy atom. The Labute approximate surface area is 274 Å². The molecule has 2 aliphatic heterocycles. The number of rotatable bonds is 9. The zero-order chi connectivity index (χ0) is 33.6. The smallest absolute Gasteiger partial charge is 0.451 e. The average Bonchev–Trinajstić information content (AvgIpc) is 3.65. The van der Waals surface area contributed by atoms with E-state index in [-0.39, 0.29) is 47.0 Å². The molecule has 48 heavy (non-hydrogen) atoms. The van der Waals surface area contributed by atoms with Gasteiger partial charge in [0.2, 0.25) is 17.6 Å². The predicted octanol–water partition coefficient (Wildman–Crippen LogP) is 5.04. The molecule has 18 heteroatoms. The van der Waals surface area contributed by atoms with Crippen molar-refractivity contribution in [3.05, 3.63) is 70.5 Å². The van der Waals surface area contributed by atoms with E-state index in [4.69, 9.17) is 26.1 Å². The fourth-order valence-corrected chi connectivity index (χ4v) is 5.79. The van der Waals surface area contributed by atoms with E-state index in [1.54, 1.807) is 6.07 Å². The highest BCUT2D eigenvalue weighted by atomic mass is 35.5. The van der Waals surface area contributed by atoms with Crippen LogP contribution >= 0.6 is 11.6 Å². The average molecular weight is 691 g/mol. The minimum atomic E-state index is -4.65. The van der Waals surface area contributed by atoms with E-state index in [0.717, 1.165) is 24.5 Å². The van der Waals surface area contributed by atoms with Crippen LogP contribution in [0.5, 0.6) is 5.88 Å². The van der Waals surface area contributed by atoms with E-state index in [1.807, 2.05) is 16.4 Å². The van der Waals surface area contributed by atoms with Gasteiger partial charge in [0.15, 0.2) is 11.5 Å². The van der Waals surface area contributed by atoms with Gasteiger partial charge in [0.1, 0.15) is 23.8 Å². The minimum Gasteiger partial charge on any atom is -0.470 e. The Morgan fingerprint density at radius 3 is 2.60 bits per heavy atom. The summed E-state index contributed by atoms with van der Waals surface area (Å²) in [5.74, 6) is -1.88. The number of aromatic nitrogens is 8. The lowest BCUT2D eigenvalue weighted by molar-refractivity contribution is -0.144. The van der Waals surface area contributed by atoms with Gasteiger partial charge in [-0.25, -0.2) is 19.3 Å². The quantitative estimate of drug-likeness (QED) is 0.211. The van der Waals surface area contributed by atoms with Gasteiger partial charge < -0.3 is 23.9 Å². The van der Waals surface area contributed by atoms with Crippen LogP contribution in [-0.4, -0.2) is 83.0 Å². The van der Waals surface area contributed by atoms with Gasteiger partial charge in [0, 0.05) is 54.6 Å². The third-order valence-corrected chi connectivity index (χ3v) is 8.58. The van der Waals surface area contributed by atoms with E-state index in [2.05, 4.69) is 35.0 Å². The van der Waals surface area contributed by atoms with Crippen LogP contribution in [0.2, 0.25) is 5.02 Å². The number of nitrogens with zero attached hydrogens (tertiary/aromatic N) is 9. The first-order chi connectivity index (χ1) is 23.0. The normalized spacial score (nSPS) is 18.8. The van der Waals surface area contributed by atoms with Gasteiger partial charge in [-0.2, -0.15) is 22.5 Å². The summed E-state index contributed by atoms with van der Waals surface area (Å²) in [5.41, 5.74) is 1.61. The monoisotopic (exact) mass is 690 g/mol. The summed E-state index contributed by atoms with van der Waals surface area (Å²) in [5, 5.41) is 7.10. The van der Waals surface area contributed by atoms with Crippen LogP contribution in [0, 0.1) is 11.6 Å². The number of fused-ring (bicyclic) bond motifs is 1. The fourth-order valence-electron chi connectivity index (χ4n) is 5.63. The number of imidazole rings is 1. The van der Waals surface area contributed by atoms with Crippen LogP contribution in [0.1, 0.15) is 30.6 Å². The Bertz CT molecular complexity index is 1950. The third-order valence-electron chi connectivity index (χ3n) is 8.34. The second-order valence-corrected chi connectivity index (χ2v) is 12.1. The predicted molar refractivity (Wildman–Crippen MR) is 162 cm³/mol. The van der Waals surface area contributed by atoms with Gasteiger partial charge in [-0.15, -0.1) is 10.2 Å². The number of piperazine rings is 1. The summed E-state index contributed by atoms with van der Waals surface area (Å²) in [6.07, 6.45) is -1.28. The first kappa shape index (κ1) is 32.1.